The molecule has 0 aliphatic rings. The third-order valence-electron chi connectivity index (χ3n) is 2.19. The van der Waals surface area contributed by atoms with Crippen molar-refractivity contribution in [2.75, 3.05) is 0 Å². The molecule has 76 valence electrons. The number of aromatic nitrogens is 2. The molecular formula is C11H10N2O2. The minimum absolute atomic E-state index is 0.193. The third kappa shape index (κ3) is 1.74. The van der Waals surface area contributed by atoms with Crippen LogP contribution in [0, 0.1) is 6.92 Å². The topological polar surface area (TPSA) is 55.1 Å². The largest absolute Gasteiger partial charge is 0.478 e. The quantitative estimate of drug-likeness (QED) is 0.808. The predicted molar refractivity (Wildman–Crippen MR) is 55.3 cm³/mol. The van der Waals surface area contributed by atoms with Crippen LogP contribution in [0.15, 0.2) is 36.7 Å². The number of benzene rings is 1. The van der Waals surface area contributed by atoms with Gasteiger partial charge in [0, 0.05) is 6.20 Å². The van der Waals surface area contributed by atoms with Gasteiger partial charge in [0.05, 0.1) is 17.4 Å². The van der Waals surface area contributed by atoms with Gasteiger partial charge in [0.15, 0.2) is 0 Å². The standard InChI is InChI=1S/C11H10N2O2/c1-8-4-2-3-5-10(8)13-7-9(6-12-13)11(14)15/h2-7H,1H3,(H,14,15). The molecule has 2 rings (SSSR count). The van der Waals surface area contributed by atoms with Gasteiger partial charge in [-0.1, -0.05) is 18.2 Å². The summed E-state index contributed by atoms with van der Waals surface area (Å²) in [7, 11) is 0. The van der Waals surface area contributed by atoms with Gasteiger partial charge in [0.1, 0.15) is 0 Å². The van der Waals surface area contributed by atoms with Crippen molar-refractivity contribution in [1.29, 1.82) is 0 Å². The van der Waals surface area contributed by atoms with Crippen molar-refractivity contribution >= 4 is 5.97 Å². The maximum atomic E-state index is 10.7. The molecule has 0 saturated carbocycles. The first-order chi connectivity index (χ1) is 7.18. The molecule has 0 fully saturated rings. The molecular weight excluding hydrogens is 192 g/mol. The van der Waals surface area contributed by atoms with Gasteiger partial charge in [-0.15, -0.1) is 0 Å². The molecule has 4 nitrogen and oxygen atoms in total. The zero-order chi connectivity index (χ0) is 10.8. The van der Waals surface area contributed by atoms with Crippen molar-refractivity contribution in [3.63, 3.8) is 0 Å². The first-order valence-corrected chi connectivity index (χ1v) is 4.52. The summed E-state index contributed by atoms with van der Waals surface area (Å²) in [6.45, 7) is 1.96. The van der Waals surface area contributed by atoms with E-state index in [1.807, 2.05) is 31.2 Å². The number of aryl methyl sites for hydroxylation is 1. The Morgan fingerprint density at radius 1 is 1.40 bits per heavy atom. The monoisotopic (exact) mass is 202 g/mol. The molecule has 0 bridgehead atoms. The average Bonchev–Trinajstić information content (AvgIpc) is 2.67. The molecule has 0 unspecified atom stereocenters. The summed E-state index contributed by atoms with van der Waals surface area (Å²) in [5.41, 5.74) is 2.14. The fraction of sp³-hybridized carbons (Fsp3) is 0.0909. The van der Waals surface area contributed by atoms with E-state index in [9.17, 15) is 4.79 Å². The number of hydrogen-bond donors (Lipinski definition) is 1. The highest BCUT2D eigenvalue weighted by Gasteiger charge is 2.07. The first kappa shape index (κ1) is 9.45. The van der Waals surface area contributed by atoms with Gasteiger partial charge in [-0.3, -0.25) is 0 Å². The van der Waals surface area contributed by atoms with Crippen LogP contribution in [0.4, 0.5) is 0 Å². The SMILES string of the molecule is Cc1ccccc1-n1cc(C(=O)O)cn1. The van der Waals surface area contributed by atoms with E-state index in [0.29, 0.717) is 0 Å². The Bertz CT molecular complexity index is 503. The van der Waals surface area contributed by atoms with E-state index in [1.54, 1.807) is 4.68 Å². The van der Waals surface area contributed by atoms with Crippen LogP contribution < -0.4 is 0 Å². The fourth-order valence-corrected chi connectivity index (χ4v) is 1.39. The van der Waals surface area contributed by atoms with E-state index in [-0.39, 0.29) is 5.56 Å². The molecule has 0 aliphatic heterocycles. The molecule has 1 heterocycles. The normalized spacial score (nSPS) is 10.2. The highest BCUT2D eigenvalue weighted by atomic mass is 16.4. The molecule has 2 aromatic rings. The van der Waals surface area contributed by atoms with E-state index in [4.69, 9.17) is 5.11 Å². The van der Waals surface area contributed by atoms with Crippen molar-refractivity contribution in [1.82, 2.24) is 9.78 Å². The number of rotatable bonds is 2. The maximum Gasteiger partial charge on any atom is 0.338 e. The number of para-hydroxylation sites is 1. The Hall–Kier alpha value is -2.10. The Balaban J connectivity index is 2.46. The molecule has 1 N–H and O–H groups in total. The van der Waals surface area contributed by atoms with Crippen molar-refractivity contribution in [2.45, 2.75) is 6.92 Å². The lowest BCUT2D eigenvalue weighted by atomic mass is 10.2. The molecule has 0 amide bonds. The van der Waals surface area contributed by atoms with Crippen LogP contribution in [0.2, 0.25) is 0 Å². The average molecular weight is 202 g/mol. The molecule has 0 saturated heterocycles. The van der Waals surface area contributed by atoms with Crippen molar-refractivity contribution in [3.05, 3.63) is 47.8 Å². The molecule has 0 aliphatic carbocycles. The van der Waals surface area contributed by atoms with Crippen LogP contribution in [0.25, 0.3) is 5.69 Å². The Labute approximate surface area is 86.8 Å². The fourth-order valence-electron chi connectivity index (χ4n) is 1.39. The molecule has 4 heteroatoms. The molecule has 0 atom stereocenters. The summed E-state index contributed by atoms with van der Waals surface area (Å²) in [5, 5.41) is 12.8. The maximum absolute atomic E-state index is 10.7. The lowest BCUT2D eigenvalue weighted by Gasteiger charge is -2.03. The van der Waals surface area contributed by atoms with E-state index in [0.717, 1.165) is 11.3 Å². The van der Waals surface area contributed by atoms with E-state index in [2.05, 4.69) is 5.10 Å². The van der Waals surface area contributed by atoms with Gasteiger partial charge in [0.25, 0.3) is 0 Å². The summed E-state index contributed by atoms with van der Waals surface area (Å²) in [4.78, 5) is 10.7. The first-order valence-electron chi connectivity index (χ1n) is 4.52. The van der Waals surface area contributed by atoms with Crippen LogP contribution in [0.3, 0.4) is 0 Å². The third-order valence-corrected chi connectivity index (χ3v) is 2.19. The van der Waals surface area contributed by atoms with Gasteiger partial charge in [0.2, 0.25) is 0 Å². The van der Waals surface area contributed by atoms with Crippen LogP contribution >= 0.6 is 0 Å². The lowest BCUT2D eigenvalue weighted by Crippen LogP contribution is -1.97. The number of carbonyl (C=O) groups is 1. The lowest BCUT2D eigenvalue weighted by molar-refractivity contribution is 0.0697. The molecule has 0 spiro atoms. The summed E-state index contributed by atoms with van der Waals surface area (Å²) in [6, 6.07) is 7.68. The van der Waals surface area contributed by atoms with Crippen LogP contribution in [-0.4, -0.2) is 20.9 Å². The molecule has 15 heavy (non-hydrogen) atoms. The predicted octanol–water partition coefficient (Wildman–Crippen LogP) is 1.88. The Kier molecular flexibility index (Phi) is 2.25. The zero-order valence-electron chi connectivity index (χ0n) is 8.21. The van der Waals surface area contributed by atoms with Gasteiger partial charge in [-0.2, -0.15) is 5.10 Å². The zero-order valence-corrected chi connectivity index (χ0v) is 8.21. The van der Waals surface area contributed by atoms with Crippen molar-refractivity contribution < 1.29 is 9.90 Å². The van der Waals surface area contributed by atoms with Crippen LogP contribution in [-0.2, 0) is 0 Å². The highest BCUT2D eigenvalue weighted by molar-refractivity contribution is 5.87. The Morgan fingerprint density at radius 3 is 2.73 bits per heavy atom. The second kappa shape index (κ2) is 3.57. The number of aromatic carboxylic acids is 1. The van der Waals surface area contributed by atoms with Crippen LogP contribution in [0.1, 0.15) is 15.9 Å². The van der Waals surface area contributed by atoms with Crippen LogP contribution in [0.5, 0.6) is 0 Å². The van der Waals surface area contributed by atoms with Crippen molar-refractivity contribution in [2.24, 2.45) is 0 Å². The van der Waals surface area contributed by atoms with E-state index in [1.165, 1.54) is 12.4 Å². The summed E-state index contributed by atoms with van der Waals surface area (Å²) in [6.07, 6.45) is 2.85. The number of carboxylic acids is 1. The summed E-state index contributed by atoms with van der Waals surface area (Å²) in [5.74, 6) is -0.963. The molecule has 1 aromatic heterocycles. The number of hydrogen-bond acceptors (Lipinski definition) is 2. The minimum Gasteiger partial charge on any atom is -0.478 e. The van der Waals surface area contributed by atoms with Gasteiger partial charge >= 0.3 is 5.97 Å². The number of nitrogens with zero attached hydrogens (tertiary/aromatic N) is 2. The second-order valence-electron chi connectivity index (χ2n) is 3.27. The summed E-state index contributed by atoms with van der Waals surface area (Å²) >= 11 is 0. The van der Waals surface area contributed by atoms with Crippen molar-refractivity contribution in [3.8, 4) is 5.69 Å². The second-order valence-corrected chi connectivity index (χ2v) is 3.27. The van der Waals surface area contributed by atoms with Gasteiger partial charge in [-0.25, -0.2) is 9.48 Å². The Morgan fingerprint density at radius 2 is 2.13 bits per heavy atom. The smallest absolute Gasteiger partial charge is 0.338 e. The molecule has 0 radical (unpaired) electrons. The number of carboxylic acid groups (broad SMARTS) is 1. The van der Waals surface area contributed by atoms with Gasteiger partial charge < -0.3 is 5.11 Å². The minimum atomic E-state index is -0.963. The molecule has 1 aromatic carbocycles. The van der Waals surface area contributed by atoms with E-state index >= 15 is 0 Å². The summed E-state index contributed by atoms with van der Waals surface area (Å²) < 4.78 is 1.57. The highest BCUT2D eigenvalue weighted by Crippen LogP contribution is 2.12. The van der Waals surface area contributed by atoms with E-state index < -0.39 is 5.97 Å². The van der Waals surface area contributed by atoms with Gasteiger partial charge in [-0.05, 0) is 18.6 Å².